The molecule has 0 radical (unpaired) electrons. The molecule has 0 unspecified atom stereocenters. The number of aromatic nitrogens is 3. The van der Waals surface area contributed by atoms with Gasteiger partial charge in [0.1, 0.15) is 17.7 Å². The topological polar surface area (TPSA) is 77.3 Å². The van der Waals surface area contributed by atoms with Crippen LogP contribution in [0.1, 0.15) is 61.1 Å². The standard InChI is InChI=1S/C22H28N4O3/c1-14(2)7-8-19-16-9-15(18-5-4-6-20(27)26(18)19)11-25(12-16)21-17(22(28)29-3)10-23-13-24-21/h4-6,10,13-16,19H,7-9,11-12H2,1-3H3/t15-,16+,19+/m1/s1. The number of hydrogen-bond acceptors (Lipinski definition) is 6. The summed E-state index contributed by atoms with van der Waals surface area (Å²) < 4.78 is 6.97. The normalized spacial score (nSPS) is 23.0. The summed E-state index contributed by atoms with van der Waals surface area (Å²) in [5.41, 5.74) is 1.58. The van der Waals surface area contributed by atoms with E-state index in [1.54, 1.807) is 6.07 Å². The van der Waals surface area contributed by atoms with Gasteiger partial charge in [-0.15, -0.1) is 0 Å². The van der Waals surface area contributed by atoms with E-state index in [0.717, 1.165) is 38.0 Å². The molecular formula is C22H28N4O3. The first kappa shape index (κ1) is 19.6. The van der Waals surface area contributed by atoms with Gasteiger partial charge >= 0.3 is 5.97 Å². The fourth-order valence-corrected chi connectivity index (χ4v) is 4.92. The van der Waals surface area contributed by atoms with Gasteiger partial charge in [-0.05, 0) is 37.2 Å². The van der Waals surface area contributed by atoms with Crippen LogP contribution < -0.4 is 10.5 Å². The molecule has 7 heteroatoms. The van der Waals surface area contributed by atoms with Crippen LogP contribution in [0.4, 0.5) is 5.82 Å². The molecule has 7 nitrogen and oxygen atoms in total. The number of fused-ring (bicyclic) bond motifs is 4. The second-order valence-corrected chi connectivity index (χ2v) is 8.55. The number of rotatable bonds is 5. The highest BCUT2D eigenvalue weighted by atomic mass is 16.5. The smallest absolute Gasteiger partial charge is 0.343 e. The van der Waals surface area contributed by atoms with Gasteiger partial charge in [0, 0.05) is 43.0 Å². The summed E-state index contributed by atoms with van der Waals surface area (Å²) in [4.78, 5) is 35.6. The molecule has 0 saturated carbocycles. The molecule has 3 atom stereocenters. The largest absolute Gasteiger partial charge is 0.465 e. The van der Waals surface area contributed by atoms with Crippen LogP contribution in [0.25, 0.3) is 0 Å². The van der Waals surface area contributed by atoms with Crippen LogP contribution in [0.5, 0.6) is 0 Å². The van der Waals surface area contributed by atoms with Gasteiger partial charge < -0.3 is 14.2 Å². The molecule has 1 saturated heterocycles. The van der Waals surface area contributed by atoms with Gasteiger partial charge in [0.15, 0.2) is 0 Å². The van der Waals surface area contributed by atoms with Crippen molar-refractivity contribution in [3.63, 3.8) is 0 Å². The Kier molecular flexibility index (Phi) is 5.39. The molecule has 2 aromatic rings. The fourth-order valence-electron chi connectivity index (χ4n) is 4.92. The molecule has 0 N–H and O–H groups in total. The number of carbonyl (C=O) groups is 1. The molecule has 2 aliphatic rings. The van der Waals surface area contributed by atoms with Crippen LogP contribution in [-0.2, 0) is 4.74 Å². The maximum atomic E-state index is 12.8. The molecule has 154 valence electrons. The molecule has 0 amide bonds. The predicted octanol–water partition coefficient (Wildman–Crippen LogP) is 3.03. The number of hydrogen-bond donors (Lipinski definition) is 0. The first-order valence-electron chi connectivity index (χ1n) is 10.3. The zero-order chi connectivity index (χ0) is 20.5. The Labute approximate surface area is 170 Å². The van der Waals surface area contributed by atoms with E-state index in [1.807, 2.05) is 10.6 Å². The zero-order valence-corrected chi connectivity index (χ0v) is 17.2. The fraction of sp³-hybridized carbons (Fsp3) is 0.545. The summed E-state index contributed by atoms with van der Waals surface area (Å²) in [6.07, 6.45) is 6.11. The third-order valence-corrected chi connectivity index (χ3v) is 6.23. The Bertz CT molecular complexity index is 955. The van der Waals surface area contributed by atoms with Crippen LogP contribution >= 0.6 is 0 Å². The minimum absolute atomic E-state index is 0.0942. The third-order valence-electron chi connectivity index (χ3n) is 6.23. The third kappa shape index (κ3) is 3.66. The van der Waals surface area contributed by atoms with E-state index >= 15 is 0 Å². The van der Waals surface area contributed by atoms with Crippen molar-refractivity contribution in [2.24, 2.45) is 11.8 Å². The van der Waals surface area contributed by atoms with E-state index in [4.69, 9.17) is 4.74 Å². The molecule has 2 aromatic heterocycles. The Morgan fingerprint density at radius 2 is 2.14 bits per heavy atom. The number of esters is 1. The molecular weight excluding hydrogens is 368 g/mol. The van der Waals surface area contributed by atoms with Crippen molar-refractivity contribution in [1.82, 2.24) is 14.5 Å². The van der Waals surface area contributed by atoms with Crippen molar-refractivity contribution in [2.45, 2.75) is 45.1 Å². The van der Waals surface area contributed by atoms with Crippen molar-refractivity contribution < 1.29 is 9.53 Å². The Balaban J connectivity index is 1.72. The maximum absolute atomic E-state index is 12.8. The van der Waals surface area contributed by atoms with Crippen molar-refractivity contribution >= 4 is 11.8 Å². The molecule has 29 heavy (non-hydrogen) atoms. The molecule has 4 rings (SSSR count). The van der Waals surface area contributed by atoms with E-state index in [0.29, 0.717) is 23.2 Å². The van der Waals surface area contributed by atoms with Crippen molar-refractivity contribution in [2.75, 3.05) is 25.1 Å². The maximum Gasteiger partial charge on any atom is 0.343 e. The summed E-state index contributed by atoms with van der Waals surface area (Å²) in [5.74, 6) is 1.35. The Morgan fingerprint density at radius 3 is 2.90 bits per heavy atom. The van der Waals surface area contributed by atoms with E-state index < -0.39 is 5.97 Å². The number of anilines is 1. The van der Waals surface area contributed by atoms with Crippen LogP contribution in [0.15, 0.2) is 35.5 Å². The second kappa shape index (κ2) is 7.97. The first-order chi connectivity index (χ1) is 14.0. The Hall–Kier alpha value is -2.70. The number of carbonyl (C=O) groups excluding carboxylic acids is 1. The molecule has 0 aromatic carbocycles. The summed E-state index contributed by atoms with van der Waals surface area (Å²) in [5, 5.41) is 0. The lowest BCUT2D eigenvalue weighted by Gasteiger charge is -2.47. The average Bonchev–Trinajstić information content (AvgIpc) is 2.73. The highest BCUT2D eigenvalue weighted by Crippen LogP contribution is 2.44. The van der Waals surface area contributed by atoms with Gasteiger partial charge in [0.2, 0.25) is 0 Å². The number of nitrogens with zero attached hydrogens (tertiary/aromatic N) is 4. The zero-order valence-electron chi connectivity index (χ0n) is 17.2. The van der Waals surface area contributed by atoms with Gasteiger partial charge in [-0.2, -0.15) is 0 Å². The number of pyridine rings is 1. The monoisotopic (exact) mass is 396 g/mol. The quantitative estimate of drug-likeness (QED) is 0.723. The lowest BCUT2D eigenvalue weighted by molar-refractivity contribution is 0.0600. The number of ether oxygens (including phenoxy) is 1. The number of methoxy groups -OCH3 is 1. The lowest BCUT2D eigenvalue weighted by Crippen LogP contribution is -2.50. The van der Waals surface area contributed by atoms with E-state index in [9.17, 15) is 9.59 Å². The summed E-state index contributed by atoms with van der Waals surface area (Å²) >= 11 is 0. The molecule has 2 bridgehead atoms. The minimum Gasteiger partial charge on any atom is -0.465 e. The van der Waals surface area contributed by atoms with Crippen molar-refractivity contribution in [1.29, 1.82) is 0 Å². The van der Waals surface area contributed by atoms with Gasteiger partial charge in [0.05, 0.1) is 7.11 Å². The predicted molar refractivity (Wildman–Crippen MR) is 110 cm³/mol. The van der Waals surface area contributed by atoms with E-state index in [1.165, 1.54) is 19.6 Å². The Morgan fingerprint density at radius 1 is 1.31 bits per heavy atom. The molecule has 2 aliphatic heterocycles. The van der Waals surface area contributed by atoms with E-state index in [-0.39, 0.29) is 17.5 Å². The van der Waals surface area contributed by atoms with E-state index in [2.05, 4.69) is 34.8 Å². The van der Waals surface area contributed by atoms with Gasteiger partial charge in [-0.3, -0.25) is 4.79 Å². The molecule has 0 aliphatic carbocycles. The summed E-state index contributed by atoms with van der Waals surface area (Å²) in [6, 6.07) is 5.78. The highest BCUT2D eigenvalue weighted by molar-refractivity contribution is 5.94. The van der Waals surface area contributed by atoms with Gasteiger partial charge in [0.25, 0.3) is 5.56 Å². The number of piperidine rings is 1. The first-order valence-corrected chi connectivity index (χ1v) is 10.3. The van der Waals surface area contributed by atoms with Gasteiger partial charge in [-0.1, -0.05) is 19.9 Å². The van der Waals surface area contributed by atoms with Crippen LogP contribution in [-0.4, -0.2) is 40.7 Å². The average molecular weight is 396 g/mol. The molecule has 4 heterocycles. The van der Waals surface area contributed by atoms with Crippen LogP contribution in [0, 0.1) is 11.8 Å². The minimum atomic E-state index is -0.427. The van der Waals surface area contributed by atoms with Crippen molar-refractivity contribution in [3.05, 3.63) is 52.3 Å². The van der Waals surface area contributed by atoms with Crippen LogP contribution in [0.2, 0.25) is 0 Å². The highest BCUT2D eigenvalue weighted by Gasteiger charge is 2.41. The lowest BCUT2D eigenvalue weighted by atomic mass is 9.76. The second-order valence-electron chi connectivity index (χ2n) is 8.55. The van der Waals surface area contributed by atoms with Crippen LogP contribution in [0.3, 0.4) is 0 Å². The van der Waals surface area contributed by atoms with Gasteiger partial charge in [-0.25, -0.2) is 14.8 Å². The molecule has 0 spiro atoms. The SMILES string of the molecule is COC(=O)c1cncnc1N1C[C@H]2C[C@@H](C1)[C@H](CCC(C)C)n1c2cccc1=O. The summed E-state index contributed by atoms with van der Waals surface area (Å²) in [7, 11) is 1.37. The molecule has 1 fully saturated rings. The summed E-state index contributed by atoms with van der Waals surface area (Å²) in [6.45, 7) is 5.92. The van der Waals surface area contributed by atoms with Crippen molar-refractivity contribution in [3.8, 4) is 0 Å².